The maximum Gasteiger partial charge on any atom is 0.271 e. The minimum atomic E-state index is -3.59. The highest BCUT2D eigenvalue weighted by Gasteiger charge is 2.26. The van der Waals surface area contributed by atoms with Crippen LogP contribution in [0.4, 0.5) is 0 Å². The van der Waals surface area contributed by atoms with Crippen LogP contribution < -0.4 is 5.43 Å². The van der Waals surface area contributed by atoms with Crippen molar-refractivity contribution in [2.24, 2.45) is 5.10 Å². The van der Waals surface area contributed by atoms with E-state index in [9.17, 15) is 13.2 Å². The monoisotopic (exact) mass is 419 g/mol. The second kappa shape index (κ2) is 8.86. The second-order valence-electron chi connectivity index (χ2n) is 6.64. The Morgan fingerprint density at radius 3 is 2.43 bits per heavy atom. The molecule has 0 atom stereocenters. The van der Waals surface area contributed by atoms with Gasteiger partial charge in [0.25, 0.3) is 5.91 Å². The number of halogens is 1. The van der Waals surface area contributed by atoms with Gasteiger partial charge in [0, 0.05) is 23.7 Å². The summed E-state index contributed by atoms with van der Waals surface area (Å²) in [6.07, 6.45) is 2.76. The second-order valence-corrected chi connectivity index (χ2v) is 9.02. The molecule has 0 aromatic heterocycles. The fourth-order valence-electron chi connectivity index (χ4n) is 3.03. The molecule has 2 aromatic rings. The van der Waals surface area contributed by atoms with Crippen LogP contribution in [0.1, 0.15) is 42.1 Å². The maximum absolute atomic E-state index is 12.8. The number of hydrogen-bond acceptors (Lipinski definition) is 4. The summed E-state index contributed by atoms with van der Waals surface area (Å²) in [7, 11) is -3.59. The Morgan fingerprint density at radius 2 is 1.71 bits per heavy atom. The third-order valence-electron chi connectivity index (χ3n) is 4.62. The number of benzene rings is 2. The SMILES string of the molecule is C/C(=N\NC(=O)c1cccc(S(=O)(=O)N2CCCCC2)c1)c1cccc(Cl)c1. The smallest absolute Gasteiger partial charge is 0.267 e. The van der Waals surface area contributed by atoms with Crippen LogP contribution in [0.3, 0.4) is 0 Å². The van der Waals surface area contributed by atoms with Crippen molar-refractivity contribution in [2.75, 3.05) is 13.1 Å². The Morgan fingerprint density at radius 1 is 1.04 bits per heavy atom. The predicted molar refractivity (Wildman–Crippen MR) is 110 cm³/mol. The third kappa shape index (κ3) is 4.79. The van der Waals surface area contributed by atoms with Crippen molar-refractivity contribution in [1.82, 2.24) is 9.73 Å². The van der Waals surface area contributed by atoms with Crippen molar-refractivity contribution < 1.29 is 13.2 Å². The summed E-state index contributed by atoms with van der Waals surface area (Å²) in [5, 5.41) is 4.67. The zero-order valence-corrected chi connectivity index (χ0v) is 17.1. The zero-order chi connectivity index (χ0) is 20.1. The third-order valence-corrected chi connectivity index (χ3v) is 6.75. The van der Waals surface area contributed by atoms with Crippen LogP contribution in [0.25, 0.3) is 0 Å². The molecular weight excluding hydrogens is 398 g/mol. The lowest BCUT2D eigenvalue weighted by Gasteiger charge is -2.25. The van der Waals surface area contributed by atoms with E-state index in [-0.39, 0.29) is 10.5 Å². The van der Waals surface area contributed by atoms with Crippen molar-refractivity contribution in [2.45, 2.75) is 31.1 Å². The summed E-state index contributed by atoms with van der Waals surface area (Å²) < 4.78 is 27.1. The van der Waals surface area contributed by atoms with Gasteiger partial charge in [-0.25, -0.2) is 13.8 Å². The van der Waals surface area contributed by atoms with Gasteiger partial charge in [-0.15, -0.1) is 0 Å². The largest absolute Gasteiger partial charge is 0.271 e. The van der Waals surface area contributed by atoms with Gasteiger partial charge >= 0.3 is 0 Å². The highest BCUT2D eigenvalue weighted by atomic mass is 35.5. The molecule has 1 saturated heterocycles. The van der Waals surface area contributed by atoms with E-state index in [4.69, 9.17) is 11.6 Å². The first-order valence-electron chi connectivity index (χ1n) is 9.09. The molecule has 0 unspecified atom stereocenters. The first-order chi connectivity index (χ1) is 13.4. The summed E-state index contributed by atoms with van der Waals surface area (Å²) in [4.78, 5) is 12.6. The van der Waals surface area contributed by atoms with E-state index < -0.39 is 15.9 Å². The summed E-state index contributed by atoms with van der Waals surface area (Å²) in [6, 6.07) is 13.2. The number of nitrogens with one attached hydrogen (secondary N) is 1. The number of carbonyl (C=O) groups is 1. The lowest BCUT2D eigenvalue weighted by molar-refractivity contribution is 0.0954. The lowest BCUT2D eigenvalue weighted by atomic mass is 10.1. The highest BCUT2D eigenvalue weighted by molar-refractivity contribution is 7.89. The van der Waals surface area contributed by atoms with Crippen molar-refractivity contribution >= 4 is 33.2 Å². The van der Waals surface area contributed by atoms with Crippen LogP contribution in [-0.2, 0) is 10.0 Å². The van der Waals surface area contributed by atoms with Gasteiger partial charge in [0.05, 0.1) is 10.6 Å². The summed E-state index contributed by atoms with van der Waals surface area (Å²) >= 11 is 5.97. The van der Waals surface area contributed by atoms with E-state index in [2.05, 4.69) is 10.5 Å². The van der Waals surface area contributed by atoms with Crippen LogP contribution in [0, 0.1) is 0 Å². The Bertz CT molecular complexity index is 999. The number of amides is 1. The molecule has 1 N–H and O–H groups in total. The number of sulfonamides is 1. The van der Waals surface area contributed by atoms with Crippen molar-refractivity contribution in [3.63, 3.8) is 0 Å². The number of hydrazone groups is 1. The first-order valence-corrected chi connectivity index (χ1v) is 10.9. The quantitative estimate of drug-likeness (QED) is 0.593. The topological polar surface area (TPSA) is 78.8 Å². The molecule has 0 bridgehead atoms. The molecular formula is C20H22ClN3O3S. The standard InChI is InChI=1S/C20H22ClN3O3S/c1-15(16-7-5-9-18(21)13-16)22-23-20(25)17-8-6-10-19(14-17)28(26,27)24-11-3-2-4-12-24/h5-10,13-14H,2-4,11-12H2,1H3,(H,23,25)/b22-15+. The van der Waals surface area contributed by atoms with E-state index >= 15 is 0 Å². The minimum Gasteiger partial charge on any atom is -0.267 e. The fourth-order valence-corrected chi connectivity index (χ4v) is 4.78. The molecule has 148 valence electrons. The number of carbonyl (C=O) groups excluding carboxylic acids is 1. The van der Waals surface area contributed by atoms with Gasteiger partial charge in [0.2, 0.25) is 10.0 Å². The lowest BCUT2D eigenvalue weighted by Crippen LogP contribution is -2.35. The van der Waals surface area contributed by atoms with Gasteiger partial charge in [0.1, 0.15) is 0 Å². The molecule has 1 aliphatic rings. The number of hydrogen-bond donors (Lipinski definition) is 1. The van der Waals surface area contributed by atoms with Crippen molar-refractivity contribution in [3.05, 3.63) is 64.7 Å². The molecule has 6 nitrogen and oxygen atoms in total. The summed E-state index contributed by atoms with van der Waals surface area (Å²) in [6.45, 7) is 2.78. The molecule has 2 aromatic carbocycles. The van der Waals surface area contributed by atoms with Gasteiger partial charge in [-0.05, 0) is 55.7 Å². The zero-order valence-electron chi connectivity index (χ0n) is 15.6. The normalized spacial score (nSPS) is 16.0. The van der Waals surface area contributed by atoms with Crippen LogP contribution in [0.5, 0.6) is 0 Å². The molecule has 1 heterocycles. The fraction of sp³-hybridized carbons (Fsp3) is 0.300. The Kier molecular flexibility index (Phi) is 6.49. The summed E-state index contributed by atoms with van der Waals surface area (Å²) in [5.41, 5.74) is 4.09. The average molecular weight is 420 g/mol. The van der Waals surface area contributed by atoms with E-state index in [0.717, 1.165) is 24.8 Å². The van der Waals surface area contributed by atoms with E-state index in [1.807, 2.05) is 6.07 Å². The molecule has 1 aliphatic heterocycles. The van der Waals surface area contributed by atoms with Gasteiger partial charge in [-0.1, -0.05) is 36.2 Å². The number of piperidine rings is 1. The van der Waals surface area contributed by atoms with E-state index in [1.54, 1.807) is 37.3 Å². The van der Waals surface area contributed by atoms with Gasteiger partial charge in [-0.3, -0.25) is 4.79 Å². The van der Waals surface area contributed by atoms with Gasteiger partial charge in [0.15, 0.2) is 0 Å². The molecule has 8 heteroatoms. The molecule has 28 heavy (non-hydrogen) atoms. The summed E-state index contributed by atoms with van der Waals surface area (Å²) in [5.74, 6) is -0.475. The Balaban J connectivity index is 1.76. The number of rotatable bonds is 5. The minimum absolute atomic E-state index is 0.123. The van der Waals surface area contributed by atoms with Crippen molar-refractivity contribution in [1.29, 1.82) is 0 Å². The molecule has 0 saturated carbocycles. The predicted octanol–water partition coefficient (Wildman–Crippen LogP) is 3.67. The van der Waals surface area contributed by atoms with Crippen LogP contribution in [0.15, 0.2) is 58.5 Å². The maximum atomic E-state index is 12.8. The van der Waals surface area contributed by atoms with Gasteiger partial charge in [-0.2, -0.15) is 9.41 Å². The molecule has 1 amide bonds. The molecule has 3 rings (SSSR count). The number of nitrogens with zero attached hydrogens (tertiary/aromatic N) is 2. The van der Waals surface area contributed by atoms with Crippen LogP contribution in [-0.4, -0.2) is 37.4 Å². The first kappa shape index (κ1) is 20.5. The van der Waals surface area contributed by atoms with E-state index in [0.29, 0.717) is 23.8 Å². The molecule has 0 aliphatic carbocycles. The molecule has 0 radical (unpaired) electrons. The van der Waals surface area contributed by atoms with Crippen LogP contribution >= 0.6 is 11.6 Å². The highest BCUT2D eigenvalue weighted by Crippen LogP contribution is 2.21. The van der Waals surface area contributed by atoms with Crippen LogP contribution in [0.2, 0.25) is 5.02 Å². The van der Waals surface area contributed by atoms with Crippen molar-refractivity contribution in [3.8, 4) is 0 Å². The van der Waals surface area contributed by atoms with Gasteiger partial charge < -0.3 is 0 Å². The molecule has 0 spiro atoms. The Hall–Kier alpha value is -2.22. The molecule has 1 fully saturated rings. The average Bonchev–Trinajstić information content (AvgIpc) is 2.72. The van der Waals surface area contributed by atoms with E-state index in [1.165, 1.54) is 16.4 Å². The Labute approximate surface area is 170 Å².